The standard InChI is InChI=1S/C11H17N5O3/c1-3-12-11-13-6-9(16(17)18)10(14-11)15-4-5-19-7-8(15)2/h6,8H,3-5,7H2,1-2H3,(H,12,13,14). The monoisotopic (exact) mass is 267 g/mol. The number of anilines is 2. The van der Waals surface area contributed by atoms with E-state index in [2.05, 4.69) is 15.3 Å². The molecule has 0 spiro atoms. The van der Waals surface area contributed by atoms with Gasteiger partial charge in [0.05, 0.1) is 24.2 Å². The number of rotatable bonds is 4. The van der Waals surface area contributed by atoms with Gasteiger partial charge in [-0.3, -0.25) is 10.1 Å². The van der Waals surface area contributed by atoms with Crippen molar-refractivity contribution in [1.29, 1.82) is 0 Å². The first-order chi connectivity index (χ1) is 9.13. The first kappa shape index (κ1) is 13.5. The molecule has 8 heteroatoms. The third kappa shape index (κ3) is 2.90. The van der Waals surface area contributed by atoms with Crippen LogP contribution in [0.5, 0.6) is 0 Å². The third-order valence-corrected chi connectivity index (χ3v) is 2.92. The maximum atomic E-state index is 11.1. The maximum absolute atomic E-state index is 11.1. The van der Waals surface area contributed by atoms with Crippen LogP contribution >= 0.6 is 0 Å². The molecule has 1 aromatic rings. The van der Waals surface area contributed by atoms with Gasteiger partial charge in [0.2, 0.25) is 11.8 Å². The summed E-state index contributed by atoms with van der Waals surface area (Å²) in [7, 11) is 0. The molecule has 0 bridgehead atoms. The average Bonchev–Trinajstić information content (AvgIpc) is 2.39. The summed E-state index contributed by atoms with van der Waals surface area (Å²) in [4.78, 5) is 20.7. The second-order valence-electron chi connectivity index (χ2n) is 4.31. The van der Waals surface area contributed by atoms with Gasteiger partial charge in [-0.05, 0) is 13.8 Å². The summed E-state index contributed by atoms with van der Waals surface area (Å²) in [6.07, 6.45) is 1.25. The molecule has 104 valence electrons. The lowest BCUT2D eigenvalue weighted by Crippen LogP contribution is -2.44. The predicted molar refractivity (Wildman–Crippen MR) is 70.5 cm³/mol. The molecule has 0 aromatic carbocycles. The molecule has 0 amide bonds. The van der Waals surface area contributed by atoms with Crippen LogP contribution in [0.3, 0.4) is 0 Å². The van der Waals surface area contributed by atoms with Crippen LogP contribution in [0.2, 0.25) is 0 Å². The molecule has 1 fully saturated rings. The van der Waals surface area contributed by atoms with Gasteiger partial charge >= 0.3 is 5.69 Å². The number of nitrogens with one attached hydrogen (secondary N) is 1. The maximum Gasteiger partial charge on any atom is 0.329 e. The van der Waals surface area contributed by atoms with Crippen molar-refractivity contribution < 1.29 is 9.66 Å². The molecular weight excluding hydrogens is 250 g/mol. The Labute approximate surface area is 110 Å². The molecule has 1 saturated heterocycles. The molecule has 0 radical (unpaired) electrons. The van der Waals surface area contributed by atoms with E-state index in [1.54, 1.807) is 0 Å². The topological polar surface area (TPSA) is 93.4 Å². The van der Waals surface area contributed by atoms with Crippen molar-refractivity contribution in [2.24, 2.45) is 0 Å². The van der Waals surface area contributed by atoms with Crippen LogP contribution in [0, 0.1) is 10.1 Å². The number of nitrogens with zero attached hydrogens (tertiary/aromatic N) is 4. The van der Waals surface area contributed by atoms with E-state index < -0.39 is 4.92 Å². The second-order valence-corrected chi connectivity index (χ2v) is 4.31. The molecule has 1 N–H and O–H groups in total. The fraction of sp³-hybridized carbons (Fsp3) is 0.636. The minimum Gasteiger partial charge on any atom is -0.377 e. The number of hydrogen-bond donors (Lipinski definition) is 1. The second kappa shape index (κ2) is 5.79. The molecule has 19 heavy (non-hydrogen) atoms. The minimum atomic E-state index is -0.451. The van der Waals surface area contributed by atoms with E-state index in [1.165, 1.54) is 6.20 Å². The largest absolute Gasteiger partial charge is 0.377 e. The number of morpholine rings is 1. The van der Waals surface area contributed by atoms with Crippen molar-refractivity contribution >= 4 is 17.5 Å². The molecule has 2 rings (SSSR count). The minimum absolute atomic E-state index is 0.0526. The van der Waals surface area contributed by atoms with E-state index in [4.69, 9.17) is 4.74 Å². The van der Waals surface area contributed by atoms with Crippen molar-refractivity contribution in [2.75, 3.05) is 36.5 Å². The lowest BCUT2D eigenvalue weighted by Gasteiger charge is -2.33. The van der Waals surface area contributed by atoms with E-state index in [0.29, 0.717) is 38.1 Å². The normalized spacial score (nSPS) is 19.3. The van der Waals surface area contributed by atoms with Crippen molar-refractivity contribution in [2.45, 2.75) is 19.9 Å². The Bertz CT molecular complexity index is 468. The highest BCUT2D eigenvalue weighted by molar-refractivity contribution is 5.59. The summed E-state index contributed by atoms with van der Waals surface area (Å²) in [5.74, 6) is 0.758. The fourth-order valence-corrected chi connectivity index (χ4v) is 1.99. The van der Waals surface area contributed by atoms with Crippen molar-refractivity contribution in [3.8, 4) is 0 Å². The van der Waals surface area contributed by atoms with Crippen LogP contribution in [0.1, 0.15) is 13.8 Å². The van der Waals surface area contributed by atoms with Gasteiger partial charge < -0.3 is 15.0 Å². The lowest BCUT2D eigenvalue weighted by atomic mass is 10.2. The molecular formula is C11H17N5O3. The Balaban J connectivity index is 2.38. The van der Waals surface area contributed by atoms with Crippen molar-refractivity contribution in [3.63, 3.8) is 0 Å². The first-order valence-corrected chi connectivity index (χ1v) is 6.23. The molecule has 1 aliphatic rings. The summed E-state index contributed by atoms with van der Waals surface area (Å²) >= 11 is 0. The number of aromatic nitrogens is 2. The predicted octanol–water partition coefficient (Wildman–Crippen LogP) is 1.04. The molecule has 2 heterocycles. The van der Waals surface area contributed by atoms with Gasteiger partial charge in [0.25, 0.3) is 0 Å². The van der Waals surface area contributed by atoms with Gasteiger partial charge in [-0.15, -0.1) is 0 Å². The van der Waals surface area contributed by atoms with E-state index in [9.17, 15) is 10.1 Å². The number of ether oxygens (including phenoxy) is 1. The van der Waals surface area contributed by atoms with Crippen molar-refractivity contribution in [3.05, 3.63) is 16.3 Å². The molecule has 1 aromatic heterocycles. The average molecular weight is 267 g/mol. The summed E-state index contributed by atoms with van der Waals surface area (Å²) in [6.45, 7) is 6.21. The molecule has 1 aliphatic heterocycles. The van der Waals surface area contributed by atoms with Crippen LogP contribution < -0.4 is 10.2 Å². The van der Waals surface area contributed by atoms with E-state index in [0.717, 1.165) is 0 Å². The lowest BCUT2D eigenvalue weighted by molar-refractivity contribution is -0.384. The molecule has 1 unspecified atom stereocenters. The van der Waals surface area contributed by atoms with Crippen LogP contribution in [0.25, 0.3) is 0 Å². The zero-order valence-electron chi connectivity index (χ0n) is 11.0. The first-order valence-electron chi connectivity index (χ1n) is 6.23. The Kier molecular flexibility index (Phi) is 4.10. The van der Waals surface area contributed by atoms with Crippen molar-refractivity contribution in [1.82, 2.24) is 9.97 Å². The highest BCUT2D eigenvalue weighted by Crippen LogP contribution is 2.28. The van der Waals surface area contributed by atoms with E-state index >= 15 is 0 Å². The Morgan fingerprint density at radius 3 is 3.11 bits per heavy atom. The highest BCUT2D eigenvalue weighted by Gasteiger charge is 2.28. The molecule has 1 atom stereocenters. The SMILES string of the molecule is CCNc1ncc([N+](=O)[O-])c(N2CCOCC2C)n1. The van der Waals surface area contributed by atoms with Gasteiger partial charge in [-0.25, -0.2) is 4.98 Å². The Hall–Kier alpha value is -1.96. The number of hydrogen-bond acceptors (Lipinski definition) is 7. The summed E-state index contributed by atoms with van der Waals surface area (Å²) < 4.78 is 5.34. The molecule has 0 saturated carbocycles. The summed E-state index contributed by atoms with van der Waals surface area (Å²) in [5, 5.41) is 14.1. The van der Waals surface area contributed by atoms with Gasteiger partial charge in [0.1, 0.15) is 6.20 Å². The summed E-state index contributed by atoms with van der Waals surface area (Å²) in [6, 6.07) is 0.0526. The fourth-order valence-electron chi connectivity index (χ4n) is 1.99. The zero-order chi connectivity index (χ0) is 13.8. The van der Waals surface area contributed by atoms with E-state index in [1.807, 2.05) is 18.7 Å². The van der Waals surface area contributed by atoms with Crippen LogP contribution in [0.15, 0.2) is 6.20 Å². The van der Waals surface area contributed by atoms with Gasteiger partial charge in [0, 0.05) is 13.1 Å². The quantitative estimate of drug-likeness (QED) is 0.643. The summed E-state index contributed by atoms with van der Waals surface area (Å²) in [5.41, 5.74) is -0.0737. The van der Waals surface area contributed by atoms with Crippen LogP contribution in [-0.2, 0) is 4.74 Å². The smallest absolute Gasteiger partial charge is 0.329 e. The molecule has 8 nitrogen and oxygen atoms in total. The van der Waals surface area contributed by atoms with Gasteiger partial charge in [-0.1, -0.05) is 0 Å². The third-order valence-electron chi connectivity index (χ3n) is 2.92. The zero-order valence-corrected chi connectivity index (χ0v) is 11.0. The Morgan fingerprint density at radius 1 is 1.68 bits per heavy atom. The van der Waals surface area contributed by atoms with Gasteiger partial charge in [0.15, 0.2) is 0 Å². The van der Waals surface area contributed by atoms with Gasteiger partial charge in [-0.2, -0.15) is 4.98 Å². The van der Waals surface area contributed by atoms with Crippen LogP contribution in [-0.4, -0.2) is 47.2 Å². The van der Waals surface area contributed by atoms with E-state index in [-0.39, 0.29) is 11.7 Å². The Morgan fingerprint density at radius 2 is 2.47 bits per heavy atom. The molecule has 0 aliphatic carbocycles. The van der Waals surface area contributed by atoms with Crippen LogP contribution in [0.4, 0.5) is 17.5 Å². The highest BCUT2D eigenvalue weighted by atomic mass is 16.6. The number of nitro groups is 1.